The summed E-state index contributed by atoms with van der Waals surface area (Å²) in [7, 11) is 7.94. The first-order valence-corrected chi connectivity index (χ1v) is 6.72. The first kappa shape index (κ1) is 15.2. The summed E-state index contributed by atoms with van der Waals surface area (Å²) >= 11 is 5.68. The number of hydrogen-bond donors (Lipinski definition) is 1. The summed E-state index contributed by atoms with van der Waals surface area (Å²) in [5.41, 5.74) is -0.638. The Morgan fingerprint density at radius 1 is 1.25 bits per heavy atom. The van der Waals surface area contributed by atoms with Crippen molar-refractivity contribution in [1.29, 1.82) is 0 Å². The molecular formula is C12H19ClFN5O. The maximum atomic E-state index is 14.1. The number of nitrogens with one attached hydrogen (secondary N) is 1. The summed E-state index contributed by atoms with van der Waals surface area (Å²) in [6.45, 7) is 1.19. The van der Waals surface area contributed by atoms with Crippen LogP contribution in [0.5, 0.6) is 0 Å². The summed E-state index contributed by atoms with van der Waals surface area (Å²) in [5, 5.41) is -0.297. The fourth-order valence-electron chi connectivity index (χ4n) is 2.59. The highest BCUT2D eigenvalue weighted by Crippen LogP contribution is 2.26. The Hall–Kier alpha value is -1.18. The van der Waals surface area contributed by atoms with Gasteiger partial charge in [0.1, 0.15) is 5.15 Å². The van der Waals surface area contributed by atoms with Crippen LogP contribution in [0.3, 0.4) is 0 Å². The highest BCUT2D eigenvalue weighted by atomic mass is 35.5. The standard InChI is InChI=1S/C12H19ClFN5O/c1-17(2)7-5-19(6-8(7)18(3)4)11-9(14)10(13)15-12(20)16-11/h7-8H,5-6H2,1-4H3,(H,15,16,20). The van der Waals surface area contributed by atoms with Crippen molar-refractivity contribution >= 4 is 17.4 Å². The summed E-state index contributed by atoms with van der Waals surface area (Å²) in [6.07, 6.45) is 0. The molecule has 1 saturated heterocycles. The summed E-state index contributed by atoms with van der Waals surface area (Å²) in [6, 6.07) is 0.452. The topological polar surface area (TPSA) is 55.5 Å². The fourth-order valence-corrected chi connectivity index (χ4v) is 2.75. The third kappa shape index (κ3) is 2.79. The van der Waals surface area contributed by atoms with Crippen LogP contribution in [0.4, 0.5) is 10.2 Å². The second-order valence-electron chi connectivity index (χ2n) is 5.46. The highest BCUT2D eigenvalue weighted by Gasteiger charge is 2.37. The molecule has 2 atom stereocenters. The first-order chi connectivity index (χ1) is 9.31. The predicted molar refractivity (Wildman–Crippen MR) is 77.0 cm³/mol. The summed E-state index contributed by atoms with van der Waals surface area (Å²) in [5.74, 6) is -0.655. The van der Waals surface area contributed by atoms with E-state index in [2.05, 4.69) is 19.8 Å². The largest absolute Gasteiger partial charge is 0.351 e. The molecule has 0 saturated carbocycles. The van der Waals surface area contributed by atoms with Gasteiger partial charge in [-0.15, -0.1) is 0 Å². The smallest absolute Gasteiger partial charge is 0.348 e. The molecule has 1 N–H and O–H groups in total. The quantitative estimate of drug-likeness (QED) is 0.811. The van der Waals surface area contributed by atoms with E-state index >= 15 is 0 Å². The molecule has 0 bridgehead atoms. The maximum Gasteiger partial charge on any atom is 0.348 e. The maximum absolute atomic E-state index is 14.1. The van der Waals surface area contributed by atoms with Gasteiger partial charge in [0, 0.05) is 25.2 Å². The molecule has 1 aromatic rings. The molecule has 0 aromatic carbocycles. The van der Waals surface area contributed by atoms with Crippen molar-refractivity contribution in [3.8, 4) is 0 Å². The van der Waals surface area contributed by atoms with Crippen molar-refractivity contribution in [2.45, 2.75) is 12.1 Å². The van der Waals surface area contributed by atoms with Crippen molar-refractivity contribution in [2.75, 3.05) is 46.2 Å². The van der Waals surface area contributed by atoms with Gasteiger partial charge in [-0.3, -0.25) is 4.98 Å². The normalized spacial score (nSPS) is 23.1. The minimum atomic E-state index is -0.678. The molecule has 112 valence electrons. The number of likely N-dealkylation sites (N-methyl/N-ethyl adjacent to an activating group) is 2. The SMILES string of the molecule is CN(C)C1CN(c2nc(=O)[nH]c(Cl)c2F)CC1N(C)C. The van der Waals surface area contributed by atoms with Gasteiger partial charge in [0.05, 0.1) is 0 Å². The van der Waals surface area contributed by atoms with Gasteiger partial charge < -0.3 is 14.7 Å². The number of aromatic amines is 1. The molecule has 2 unspecified atom stereocenters. The van der Waals surface area contributed by atoms with E-state index in [0.717, 1.165) is 0 Å². The van der Waals surface area contributed by atoms with E-state index in [1.54, 1.807) is 4.90 Å². The second kappa shape index (κ2) is 5.67. The van der Waals surface area contributed by atoms with Crippen LogP contribution in [0.2, 0.25) is 5.15 Å². The first-order valence-electron chi connectivity index (χ1n) is 6.34. The Labute approximate surface area is 122 Å². The number of halogens is 2. The van der Waals surface area contributed by atoms with Crippen LogP contribution in [-0.2, 0) is 0 Å². The molecule has 1 aliphatic heterocycles. The van der Waals surface area contributed by atoms with Gasteiger partial charge >= 0.3 is 5.69 Å². The molecule has 2 rings (SSSR count). The molecule has 1 aliphatic rings. The van der Waals surface area contributed by atoms with Crippen LogP contribution >= 0.6 is 11.6 Å². The minimum absolute atomic E-state index is 0.0231. The number of nitrogens with zero attached hydrogens (tertiary/aromatic N) is 4. The zero-order valence-electron chi connectivity index (χ0n) is 12.0. The van der Waals surface area contributed by atoms with E-state index in [1.807, 2.05) is 28.2 Å². The molecule has 8 heteroatoms. The van der Waals surface area contributed by atoms with Crippen LogP contribution in [0.1, 0.15) is 0 Å². The van der Waals surface area contributed by atoms with E-state index < -0.39 is 11.5 Å². The number of rotatable bonds is 3. The Kier molecular flexibility index (Phi) is 4.31. The van der Waals surface area contributed by atoms with E-state index in [1.165, 1.54) is 0 Å². The number of hydrogen-bond acceptors (Lipinski definition) is 5. The lowest BCUT2D eigenvalue weighted by Gasteiger charge is -2.29. The summed E-state index contributed by atoms with van der Waals surface area (Å²) < 4.78 is 14.1. The van der Waals surface area contributed by atoms with Crippen molar-refractivity contribution < 1.29 is 4.39 Å². The predicted octanol–water partition coefficient (Wildman–Crippen LogP) is 0.243. The van der Waals surface area contributed by atoms with Gasteiger partial charge in [0.15, 0.2) is 5.82 Å². The highest BCUT2D eigenvalue weighted by molar-refractivity contribution is 6.29. The lowest BCUT2D eigenvalue weighted by Crippen LogP contribution is -2.45. The monoisotopic (exact) mass is 303 g/mol. The Bertz CT molecular complexity index is 531. The fraction of sp³-hybridized carbons (Fsp3) is 0.667. The van der Waals surface area contributed by atoms with Crippen LogP contribution in [0.15, 0.2) is 4.79 Å². The second-order valence-corrected chi connectivity index (χ2v) is 5.84. The molecule has 0 amide bonds. The van der Waals surface area contributed by atoms with Gasteiger partial charge in [0.25, 0.3) is 0 Å². The van der Waals surface area contributed by atoms with Gasteiger partial charge in [-0.05, 0) is 28.2 Å². The summed E-state index contributed by atoms with van der Waals surface area (Å²) in [4.78, 5) is 23.2. The average molecular weight is 304 g/mol. The van der Waals surface area contributed by atoms with Crippen LogP contribution in [-0.4, -0.2) is 73.1 Å². The van der Waals surface area contributed by atoms with Crippen LogP contribution < -0.4 is 10.6 Å². The molecule has 20 heavy (non-hydrogen) atoms. The third-order valence-corrected chi connectivity index (χ3v) is 3.96. The zero-order chi connectivity index (χ0) is 15.0. The lowest BCUT2D eigenvalue weighted by molar-refractivity contribution is 0.191. The molecule has 6 nitrogen and oxygen atoms in total. The van der Waals surface area contributed by atoms with Crippen molar-refractivity contribution in [3.05, 3.63) is 21.5 Å². The molecule has 0 spiro atoms. The third-order valence-electron chi connectivity index (χ3n) is 3.70. The number of aromatic nitrogens is 2. The Morgan fingerprint density at radius 2 is 1.75 bits per heavy atom. The van der Waals surface area contributed by atoms with Gasteiger partial charge in [-0.1, -0.05) is 11.6 Å². The van der Waals surface area contributed by atoms with E-state index in [4.69, 9.17) is 11.6 Å². The van der Waals surface area contributed by atoms with Crippen LogP contribution in [0.25, 0.3) is 0 Å². The van der Waals surface area contributed by atoms with Gasteiger partial charge in [-0.2, -0.15) is 9.37 Å². The molecule has 2 heterocycles. The molecule has 0 aliphatic carbocycles. The van der Waals surface area contributed by atoms with Crippen molar-refractivity contribution in [2.24, 2.45) is 0 Å². The van der Waals surface area contributed by atoms with Crippen molar-refractivity contribution in [1.82, 2.24) is 19.8 Å². The van der Waals surface area contributed by atoms with Crippen LogP contribution in [0, 0.1) is 5.82 Å². The zero-order valence-corrected chi connectivity index (χ0v) is 12.8. The van der Waals surface area contributed by atoms with Gasteiger partial charge in [0.2, 0.25) is 5.82 Å². The molecular weight excluding hydrogens is 285 g/mol. The van der Waals surface area contributed by atoms with E-state index in [0.29, 0.717) is 13.1 Å². The van der Waals surface area contributed by atoms with E-state index in [-0.39, 0.29) is 23.1 Å². The minimum Gasteiger partial charge on any atom is -0.351 e. The molecule has 1 fully saturated rings. The number of anilines is 1. The Morgan fingerprint density at radius 3 is 2.20 bits per heavy atom. The Balaban J connectivity index is 2.34. The van der Waals surface area contributed by atoms with Gasteiger partial charge in [-0.25, -0.2) is 4.79 Å². The molecule has 0 radical (unpaired) electrons. The lowest BCUT2D eigenvalue weighted by atomic mass is 10.1. The average Bonchev–Trinajstić information content (AvgIpc) is 2.78. The van der Waals surface area contributed by atoms with Crippen molar-refractivity contribution in [3.63, 3.8) is 0 Å². The van der Waals surface area contributed by atoms with E-state index in [9.17, 15) is 9.18 Å². The number of H-pyrrole nitrogens is 1. The molecule has 1 aromatic heterocycles.